The molecule has 1 aliphatic heterocycles. The molecule has 0 bridgehead atoms. The third-order valence-electron chi connectivity index (χ3n) is 9.79. The molecule has 1 heterocycles. The summed E-state index contributed by atoms with van der Waals surface area (Å²) in [7, 11) is 0. The highest BCUT2D eigenvalue weighted by Gasteiger charge is 2.68. The number of aliphatic hydroxyl groups excluding tert-OH is 1. The number of rotatable bonds is 2. The fraction of sp³-hybridized carbons (Fsp3) is 0.826. The van der Waals surface area contributed by atoms with E-state index in [1.807, 2.05) is 0 Å². The van der Waals surface area contributed by atoms with Crippen molar-refractivity contribution in [1.82, 2.24) is 0 Å². The van der Waals surface area contributed by atoms with Crippen molar-refractivity contribution in [2.45, 2.75) is 70.3 Å². The summed E-state index contributed by atoms with van der Waals surface area (Å²) >= 11 is 0. The van der Waals surface area contributed by atoms with Gasteiger partial charge in [-0.15, -0.1) is 0 Å². The van der Waals surface area contributed by atoms with Crippen molar-refractivity contribution in [3.05, 3.63) is 11.6 Å². The number of aliphatic hydroxyl groups is 2. The van der Waals surface area contributed by atoms with E-state index in [1.54, 1.807) is 6.08 Å². The van der Waals surface area contributed by atoms with Crippen molar-refractivity contribution in [3.63, 3.8) is 0 Å². The molecular formula is C23H32O5. The molecule has 5 rings (SSSR count). The van der Waals surface area contributed by atoms with E-state index in [2.05, 4.69) is 6.92 Å². The number of cyclic esters (lactones) is 1. The van der Waals surface area contributed by atoms with Gasteiger partial charge < -0.3 is 14.9 Å². The molecule has 7 atom stereocenters. The SMILES string of the molecule is C[C@]12CC[C@H]3[C@@H](CC[C@@H]4CC(=O)CC[C@@]43CO)[C@@]1(O)CC[C@@H]2C1=CC(=O)OC1. The summed E-state index contributed by atoms with van der Waals surface area (Å²) in [6.45, 7) is 2.72. The normalized spacial score (nSPS) is 50.5. The van der Waals surface area contributed by atoms with E-state index < -0.39 is 5.60 Å². The van der Waals surface area contributed by atoms with Crippen LogP contribution in [0.2, 0.25) is 0 Å². The fourth-order valence-electron chi connectivity index (χ4n) is 8.31. The summed E-state index contributed by atoms with van der Waals surface area (Å²) in [6, 6.07) is 0. The number of hydrogen-bond donors (Lipinski definition) is 2. The highest BCUT2D eigenvalue weighted by Crippen LogP contribution is 2.69. The van der Waals surface area contributed by atoms with Gasteiger partial charge in [0.25, 0.3) is 0 Å². The first-order valence-corrected chi connectivity index (χ1v) is 11.1. The van der Waals surface area contributed by atoms with Crippen LogP contribution < -0.4 is 0 Å². The maximum atomic E-state index is 12.1. The van der Waals surface area contributed by atoms with Gasteiger partial charge in [0.05, 0.1) is 5.60 Å². The standard InChI is InChI=1S/C23H32O5/c1-21-7-5-18-19(3-2-15-11-16(25)4-8-22(15,18)13-24)23(21,27)9-6-17(21)14-10-20(26)28-12-14/h10,15,17-19,24,27H,2-9,11-13H2,1H3/t15-,17-,18+,19-,21-,22-,23+/m1/s1. The molecular weight excluding hydrogens is 356 g/mol. The third kappa shape index (κ3) is 2.26. The molecule has 0 unspecified atom stereocenters. The Morgan fingerprint density at radius 3 is 2.64 bits per heavy atom. The van der Waals surface area contributed by atoms with Crippen LogP contribution >= 0.6 is 0 Å². The van der Waals surface area contributed by atoms with Crippen LogP contribution in [0.5, 0.6) is 0 Å². The average Bonchev–Trinajstić information content (AvgIpc) is 3.22. The van der Waals surface area contributed by atoms with E-state index in [9.17, 15) is 19.8 Å². The first-order chi connectivity index (χ1) is 13.3. The lowest BCUT2D eigenvalue weighted by Crippen LogP contribution is -2.63. The number of fused-ring (bicyclic) bond motifs is 5. The summed E-state index contributed by atoms with van der Waals surface area (Å²) in [5, 5.41) is 22.6. The van der Waals surface area contributed by atoms with Crippen LogP contribution in [0.25, 0.3) is 0 Å². The van der Waals surface area contributed by atoms with Crippen molar-refractivity contribution >= 4 is 11.8 Å². The molecule has 5 aliphatic rings. The van der Waals surface area contributed by atoms with Gasteiger partial charge in [0.2, 0.25) is 0 Å². The molecule has 0 aromatic rings. The van der Waals surface area contributed by atoms with Crippen molar-refractivity contribution in [2.75, 3.05) is 13.2 Å². The highest BCUT2D eigenvalue weighted by molar-refractivity contribution is 5.85. The van der Waals surface area contributed by atoms with E-state index in [4.69, 9.17) is 4.74 Å². The first kappa shape index (κ1) is 18.8. The zero-order valence-corrected chi connectivity index (χ0v) is 16.8. The maximum absolute atomic E-state index is 12.1. The molecule has 0 aromatic carbocycles. The lowest BCUT2D eigenvalue weighted by atomic mass is 9.43. The first-order valence-electron chi connectivity index (χ1n) is 11.1. The van der Waals surface area contributed by atoms with Crippen LogP contribution in [-0.2, 0) is 14.3 Å². The van der Waals surface area contributed by atoms with Crippen molar-refractivity contribution < 1.29 is 24.5 Å². The predicted molar refractivity (Wildman–Crippen MR) is 102 cm³/mol. The molecule has 5 heteroatoms. The van der Waals surface area contributed by atoms with E-state index in [-0.39, 0.29) is 47.1 Å². The Bertz CT molecular complexity index is 743. The average molecular weight is 389 g/mol. The topological polar surface area (TPSA) is 83.8 Å². The molecule has 0 radical (unpaired) electrons. The number of carbonyl (C=O) groups is 2. The van der Waals surface area contributed by atoms with Gasteiger partial charge in [-0.3, -0.25) is 4.79 Å². The molecule has 0 amide bonds. The molecule has 0 spiro atoms. The van der Waals surface area contributed by atoms with Gasteiger partial charge >= 0.3 is 5.97 Å². The predicted octanol–water partition coefficient (Wildman–Crippen LogP) is 2.78. The zero-order valence-electron chi connectivity index (χ0n) is 16.8. The van der Waals surface area contributed by atoms with Gasteiger partial charge in [0, 0.05) is 36.4 Å². The molecule has 2 N–H and O–H groups in total. The van der Waals surface area contributed by atoms with Crippen molar-refractivity contribution in [1.29, 1.82) is 0 Å². The summed E-state index contributed by atoms with van der Waals surface area (Å²) < 4.78 is 5.18. The second-order valence-corrected chi connectivity index (χ2v) is 10.4. The van der Waals surface area contributed by atoms with Gasteiger partial charge in [-0.25, -0.2) is 4.79 Å². The Morgan fingerprint density at radius 2 is 1.93 bits per heavy atom. The Balaban J connectivity index is 1.49. The molecule has 5 nitrogen and oxygen atoms in total. The molecule has 0 saturated heterocycles. The Morgan fingerprint density at radius 1 is 1.11 bits per heavy atom. The van der Waals surface area contributed by atoms with Crippen molar-refractivity contribution in [2.24, 2.45) is 34.5 Å². The second-order valence-electron chi connectivity index (χ2n) is 10.4. The van der Waals surface area contributed by atoms with Crippen molar-refractivity contribution in [3.8, 4) is 0 Å². The second kappa shape index (κ2) is 6.15. The van der Waals surface area contributed by atoms with E-state index in [0.717, 1.165) is 50.5 Å². The minimum atomic E-state index is -0.762. The smallest absolute Gasteiger partial charge is 0.331 e. The molecule has 28 heavy (non-hydrogen) atoms. The number of hydrogen-bond acceptors (Lipinski definition) is 5. The van der Waals surface area contributed by atoms with Crippen LogP contribution in [0.15, 0.2) is 11.6 Å². The summed E-state index contributed by atoms with van der Waals surface area (Å²) in [5.74, 6) is 1.01. The van der Waals surface area contributed by atoms with Gasteiger partial charge in [0.15, 0.2) is 0 Å². The lowest BCUT2D eigenvalue weighted by Gasteiger charge is -2.63. The number of ketones is 1. The number of ether oxygens (including phenoxy) is 1. The molecule has 0 aromatic heterocycles. The van der Waals surface area contributed by atoms with Gasteiger partial charge in [-0.05, 0) is 74.2 Å². The Labute approximate surface area is 166 Å². The van der Waals surface area contributed by atoms with Gasteiger partial charge in [-0.1, -0.05) is 6.92 Å². The van der Waals surface area contributed by atoms with E-state index >= 15 is 0 Å². The van der Waals surface area contributed by atoms with Crippen LogP contribution in [0.4, 0.5) is 0 Å². The van der Waals surface area contributed by atoms with Gasteiger partial charge in [0.1, 0.15) is 12.4 Å². The monoisotopic (exact) mass is 388 g/mol. The largest absolute Gasteiger partial charge is 0.458 e. The fourth-order valence-corrected chi connectivity index (χ4v) is 8.31. The number of esters is 1. The van der Waals surface area contributed by atoms with Crippen LogP contribution in [0.3, 0.4) is 0 Å². The summed E-state index contributed by atoms with van der Waals surface area (Å²) in [4.78, 5) is 23.7. The summed E-state index contributed by atoms with van der Waals surface area (Å²) in [6.07, 6.45) is 9.03. The highest BCUT2D eigenvalue weighted by atomic mass is 16.5. The molecule has 4 fully saturated rings. The number of carbonyl (C=O) groups excluding carboxylic acids is 2. The number of Topliss-reactive ketones (excluding diaryl/α,β-unsaturated/α-hetero) is 1. The Hall–Kier alpha value is -1.20. The van der Waals surface area contributed by atoms with E-state index in [1.165, 1.54) is 0 Å². The zero-order chi connectivity index (χ0) is 19.7. The molecule has 154 valence electrons. The van der Waals surface area contributed by atoms with Gasteiger partial charge in [-0.2, -0.15) is 0 Å². The maximum Gasteiger partial charge on any atom is 0.331 e. The Kier molecular flexibility index (Phi) is 4.13. The lowest BCUT2D eigenvalue weighted by molar-refractivity contribution is -0.213. The molecule has 4 aliphatic carbocycles. The van der Waals surface area contributed by atoms with Crippen LogP contribution in [-0.4, -0.2) is 40.8 Å². The minimum Gasteiger partial charge on any atom is -0.458 e. The quantitative estimate of drug-likeness (QED) is 0.711. The minimum absolute atomic E-state index is 0.135. The molecule has 4 saturated carbocycles. The third-order valence-corrected chi connectivity index (χ3v) is 9.79. The van der Waals surface area contributed by atoms with Crippen LogP contribution in [0, 0.1) is 34.5 Å². The van der Waals surface area contributed by atoms with E-state index in [0.29, 0.717) is 25.2 Å². The van der Waals surface area contributed by atoms with Crippen LogP contribution in [0.1, 0.15) is 64.7 Å². The summed E-state index contributed by atoms with van der Waals surface area (Å²) in [5.41, 5.74) is -0.155.